The number of methoxy groups -OCH3 is 1. The Hall–Kier alpha value is -3.27. The van der Waals surface area contributed by atoms with E-state index in [1.807, 2.05) is 37.3 Å². The third-order valence-corrected chi connectivity index (χ3v) is 3.43. The summed E-state index contributed by atoms with van der Waals surface area (Å²) >= 11 is 0. The molecule has 0 bridgehead atoms. The number of pyridine rings is 1. The number of rotatable bonds is 7. The summed E-state index contributed by atoms with van der Waals surface area (Å²) in [5.41, 5.74) is 0.866. The van der Waals surface area contributed by atoms with Crippen molar-refractivity contribution in [2.24, 2.45) is 0 Å². The van der Waals surface area contributed by atoms with Gasteiger partial charge in [0.2, 0.25) is 11.8 Å². The number of nitrogens with zero attached hydrogens (tertiary/aromatic N) is 2. The average molecular weight is 341 g/mol. The zero-order valence-corrected chi connectivity index (χ0v) is 14.1. The number of ether oxygens (including phenoxy) is 2. The smallest absolute Gasteiger partial charge is 0.253 e. The molecule has 7 heteroatoms. The fraction of sp³-hybridized carbons (Fsp3) is 0.278. The first-order valence-electron chi connectivity index (χ1n) is 7.69. The second-order valence-electron chi connectivity index (χ2n) is 5.31. The highest BCUT2D eigenvalue weighted by Crippen LogP contribution is 2.14. The van der Waals surface area contributed by atoms with Crippen molar-refractivity contribution in [2.45, 2.75) is 13.5 Å². The topological polar surface area (TPSA) is 93.4 Å². The number of carbonyl (C=O) groups is 1. The van der Waals surface area contributed by atoms with Gasteiger partial charge in [-0.05, 0) is 30.7 Å². The van der Waals surface area contributed by atoms with E-state index in [2.05, 4.69) is 5.32 Å². The molecule has 1 amide bonds. The van der Waals surface area contributed by atoms with E-state index in [-0.39, 0.29) is 23.9 Å². The zero-order valence-electron chi connectivity index (χ0n) is 14.1. The Bertz CT molecular complexity index is 852. The Labute approximate surface area is 145 Å². The highest BCUT2D eigenvalue weighted by atomic mass is 16.5. The summed E-state index contributed by atoms with van der Waals surface area (Å²) in [6, 6.07) is 12.1. The van der Waals surface area contributed by atoms with Gasteiger partial charge in [0.15, 0.2) is 0 Å². The van der Waals surface area contributed by atoms with Gasteiger partial charge in [-0.3, -0.25) is 14.2 Å². The summed E-state index contributed by atoms with van der Waals surface area (Å²) in [6.45, 7) is 2.33. The van der Waals surface area contributed by atoms with Crippen LogP contribution in [0.4, 0.5) is 0 Å². The maximum atomic E-state index is 12.0. The lowest BCUT2D eigenvalue weighted by atomic mass is 10.2. The minimum atomic E-state index is -0.415. The number of carbonyl (C=O) groups excluding carboxylic acids is 1. The molecule has 0 aliphatic heterocycles. The molecule has 7 nitrogen and oxygen atoms in total. The summed E-state index contributed by atoms with van der Waals surface area (Å²) in [7, 11) is 1.35. The van der Waals surface area contributed by atoms with Crippen molar-refractivity contribution in [3.05, 3.63) is 57.9 Å². The normalized spacial score (nSPS) is 9.96. The van der Waals surface area contributed by atoms with Crippen molar-refractivity contribution in [1.29, 1.82) is 5.26 Å². The summed E-state index contributed by atoms with van der Waals surface area (Å²) in [6.07, 6.45) is 0. The summed E-state index contributed by atoms with van der Waals surface area (Å²) in [4.78, 5) is 24.0. The first-order valence-corrected chi connectivity index (χ1v) is 7.69. The number of hydrogen-bond donors (Lipinski definition) is 1. The summed E-state index contributed by atoms with van der Waals surface area (Å²) in [5.74, 6) is 0.429. The zero-order chi connectivity index (χ0) is 18.2. The highest BCUT2D eigenvalue weighted by molar-refractivity contribution is 5.76. The SMILES string of the molecule is COc1c(C#N)ccc(=O)n1CC(=O)NCCOc1cccc(C)c1. The summed E-state index contributed by atoms with van der Waals surface area (Å²) < 4.78 is 11.7. The van der Waals surface area contributed by atoms with Gasteiger partial charge in [0, 0.05) is 6.07 Å². The number of amides is 1. The van der Waals surface area contributed by atoms with Crippen LogP contribution in [0.3, 0.4) is 0 Å². The Morgan fingerprint density at radius 1 is 1.32 bits per heavy atom. The molecule has 0 aliphatic carbocycles. The molecule has 0 aliphatic rings. The van der Waals surface area contributed by atoms with E-state index in [1.54, 1.807) is 0 Å². The first kappa shape index (κ1) is 18.1. The molecule has 0 saturated heterocycles. The third-order valence-electron chi connectivity index (χ3n) is 3.43. The van der Waals surface area contributed by atoms with Gasteiger partial charge in [-0.15, -0.1) is 0 Å². The van der Waals surface area contributed by atoms with E-state index in [9.17, 15) is 9.59 Å². The molecule has 1 aromatic heterocycles. The number of nitriles is 1. The Balaban J connectivity index is 1.91. The van der Waals surface area contributed by atoms with Crippen molar-refractivity contribution >= 4 is 5.91 Å². The second-order valence-corrected chi connectivity index (χ2v) is 5.31. The average Bonchev–Trinajstić information content (AvgIpc) is 2.60. The third kappa shape index (κ3) is 4.85. The van der Waals surface area contributed by atoms with Crippen LogP contribution in [0.2, 0.25) is 0 Å². The second kappa shape index (κ2) is 8.55. The van der Waals surface area contributed by atoms with E-state index < -0.39 is 5.56 Å². The molecule has 25 heavy (non-hydrogen) atoms. The largest absolute Gasteiger partial charge is 0.492 e. The van der Waals surface area contributed by atoms with Crippen LogP contribution in [0.1, 0.15) is 11.1 Å². The van der Waals surface area contributed by atoms with Gasteiger partial charge in [0.25, 0.3) is 5.56 Å². The van der Waals surface area contributed by atoms with Crippen LogP contribution >= 0.6 is 0 Å². The maximum Gasteiger partial charge on any atom is 0.253 e. The van der Waals surface area contributed by atoms with Crippen LogP contribution in [0, 0.1) is 18.3 Å². The van der Waals surface area contributed by atoms with Crippen molar-refractivity contribution in [2.75, 3.05) is 20.3 Å². The van der Waals surface area contributed by atoms with Crippen LogP contribution in [-0.2, 0) is 11.3 Å². The number of aromatic nitrogens is 1. The number of hydrogen-bond acceptors (Lipinski definition) is 5. The lowest BCUT2D eigenvalue weighted by Gasteiger charge is -2.13. The highest BCUT2D eigenvalue weighted by Gasteiger charge is 2.13. The van der Waals surface area contributed by atoms with Gasteiger partial charge in [-0.25, -0.2) is 0 Å². The van der Waals surface area contributed by atoms with Gasteiger partial charge in [-0.1, -0.05) is 12.1 Å². The monoisotopic (exact) mass is 341 g/mol. The molecule has 1 N–H and O–H groups in total. The van der Waals surface area contributed by atoms with E-state index in [0.717, 1.165) is 15.9 Å². The Morgan fingerprint density at radius 3 is 2.80 bits per heavy atom. The maximum absolute atomic E-state index is 12.0. The lowest BCUT2D eigenvalue weighted by molar-refractivity contribution is -0.121. The molecule has 0 unspecified atom stereocenters. The predicted molar refractivity (Wildman–Crippen MR) is 91.7 cm³/mol. The number of benzene rings is 1. The van der Waals surface area contributed by atoms with Gasteiger partial charge < -0.3 is 14.8 Å². The molecule has 2 aromatic rings. The summed E-state index contributed by atoms with van der Waals surface area (Å²) in [5, 5.41) is 11.7. The molecule has 0 fully saturated rings. The molecule has 1 heterocycles. The molecule has 0 atom stereocenters. The minimum Gasteiger partial charge on any atom is -0.492 e. The Morgan fingerprint density at radius 2 is 2.12 bits per heavy atom. The fourth-order valence-corrected chi connectivity index (χ4v) is 2.28. The standard InChI is InChI=1S/C18H19N3O4/c1-13-4-3-5-15(10-13)25-9-8-20-16(22)12-21-17(23)7-6-14(11-19)18(21)24-2/h3-7,10H,8-9,12H2,1-2H3,(H,20,22). The predicted octanol–water partition coefficient (Wildman–Crippen LogP) is 1.23. The fourth-order valence-electron chi connectivity index (χ4n) is 2.28. The van der Waals surface area contributed by atoms with Gasteiger partial charge >= 0.3 is 0 Å². The molecule has 0 radical (unpaired) electrons. The first-order chi connectivity index (χ1) is 12.0. The number of aryl methyl sites for hydroxylation is 1. The molecular formula is C18H19N3O4. The van der Waals surface area contributed by atoms with Crippen molar-refractivity contribution < 1.29 is 14.3 Å². The van der Waals surface area contributed by atoms with Gasteiger partial charge in [-0.2, -0.15) is 5.26 Å². The lowest BCUT2D eigenvalue weighted by Crippen LogP contribution is -2.34. The molecule has 0 spiro atoms. The van der Waals surface area contributed by atoms with E-state index in [0.29, 0.717) is 13.2 Å². The van der Waals surface area contributed by atoms with E-state index in [1.165, 1.54) is 19.2 Å². The van der Waals surface area contributed by atoms with Crippen LogP contribution in [0.5, 0.6) is 11.6 Å². The molecule has 1 aromatic carbocycles. The Kier molecular flexibility index (Phi) is 6.18. The quantitative estimate of drug-likeness (QED) is 0.765. The van der Waals surface area contributed by atoms with Gasteiger partial charge in [0.1, 0.15) is 30.5 Å². The van der Waals surface area contributed by atoms with Crippen LogP contribution in [0.25, 0.3) is 0 Å². The molecular weight excluding hydrogens is 322 g/mol. The van der Waals surface area contributed by atoms with Crippen LogP contribution in [-0.4, -0.2) is 30.7 Å². The van der Waals surface area contributed by atoms with Crippen LogP contribution < -0.4 is 20.3 Å². The molecule has 0 saturated carbocycles. The van der Waals surface area contributed by atoms with Crippen molar-refractivity contribution in [3.8, 4) is 17.7 Å². The minimum absolute atomic E-state index is 0.0705. The molecule has 2 rings (SSSR count). The van der Waals surface area contributed by atoms with Crippen molar-refractivity contribution in [3.63, 3.8) is 0 Å². The van der Waals surface area contributed by atoms with Crippen molar-refractivity contribution in [1.82, 2.24) is 9.88 Å². The van der Waals surface area contributed by atoms with E-state index >= 15 is 0 Å². The van der Waals surface area contributed by atoms with E-state index in [4.69, 9.17) is 14.7 Å². The van der Waals surface area contributed by atoms with Gasteiger partial charge in [0.05, 0.1) is 13.7 Å². The molecule has 130 valence electrons. The van der Waals surface area contributed by atoms with Crippen LogP contribution in [0.15, 0.2) is 41.2 Å². The number of nitrogens with one attached hydrogen (secondary N) is 1.